The lowest BCUT2D eigenvalue weighted by Crippen LogP contribution is -2.32. The minimum atomic E-state index is -0.671. The number of hydrogen-bond donors (Lipinski definition) is 3. The average Bonchev–Trinajstić information content (AvgIpc) is 2.27. The van der Waals surface area contributed by atoms with E-state index >= 15 is 0 Å². The summed E-state index contributed by atoms with van der Waals surface area (Å²) in [6, 6.07) is 0.143. The zero-order valence-corrected chi connectivity index (χ0v) is 11.3. The van der Waals surface area contributed by atoms with Crippen molar-refractivity contribution in [3.05, 3.63) is 0 Å². The van der Waals surface area contributed by atoms with Gasteiger partial charge in [0.1, 0.15) is 0 Å². The van der Waals surface area contributed by atoms with Crippen LogP contribution >= 0.6 is 0 Å². The van der Waals surface area contributed by atoms with Gasteiger partial charge in [-0.3, -0.25) is 9.79 Å². The Morgan fingerprint density at radius 1 is 1.28 bits per heavy atom. The van der Waals surface area contributed by atoms with E-state index in [2.05, 4.69) is 18.8 Å². The molecule has 0 aromatic rings. The molecule has 0 aliphatic heterocycles. The number of nitrogens with two attached hydrogens (primary N) is 2. The van der Waals surface area contributed by atoms with E-state index in [0.29, 0.717) is 11.8 Å². The summed E-state index contributed by atoms with van der Waals surface area (Å²) in [6.07, 6.45) is 4.26. The summed E-state index contributed by atoms with van der Waals surface area (Å²) in [5, 5.41) is 8.99. The highest BCUT2D eigenvalue weighted by Crippen LogP contribution is 2.34. The summed E-state index contributed by atoms with van der Waals surface area (Å²) < 4.78 is 0. The molecule has 0 saturated heterocycles. The zero-order chi connectivity index (χ0) is 13.7. The molecule has 0 amide bonds. The summed E-state index contributed by atoms with van der Waals surface area (Å²) >= 11 is 0. The quantitative estimate of drug-likeness (QED) is 0.512. The Labute approximate surface area is 109 Å². The van der Waals surface area contributed by atoms with Crippen LogP contribution in [-0.2, 0) is 4.79 Å². The lowest BCUT2D eigenvalue weighted by atomic mass is 9.77. The van der Waals surface area contributed by atoms with Crippen LogP contribution in [0.15, 0.2) is 4.99 Å². The van der Waals surface area contributed by atoms with Crippen LogP contribution < -0.4 is 11.5 Å². The Balaban J connectivity index is 2.60. The second-order valence-corrected chi connectivity index (χ2v) is 5.70. The van der Waals surface area contributed by atoms with Crippen molar-refractivity contribution in [3.63, 3.8) is 0 Å². The van der Waals surface area contributed by atoms with Crippen LogP contribution in [0.25, 0.3) is 0 Å². The molecule has 5 heteroatoms. The van der Waals surface area contributed by atoms with Crippen molar-refractivity contribution in [2.45, 2.75) is 52.0 Å². The van der Waals surface area contributed by atoms with Crippen LogP contribution in [0, 0.1) is 17.8 Å². The van der Waals surface area contributed by atoms with Crippen LogP contribution in [0.2, 0.25) is 0 Å². The first-order valence-electron chi connectivity index (χ1n) is 6.71. The van der Waals surface area contributed by atoms with E-state index in [1.54, 1.807) is 0 Å². The molecule has 1 saturated carbocycles. The average molecular weight is 255 g/mol. The van der Waals surface area contributed by atoms with Crippen molar-refractivity contribution in [2.24, 2.45) is 34.2 Å². The SMILES string of the molecule is CC(C)CC(N=C(N)N)C1CCC(C(=O)O)CC1. The third-order valence-corrected chi connectivity index (χ3v) is 3.69. The number of rotatable bonds is 5. The predicted octanol–water partition coefficient (Wildman–Crippen LogP) is 1.57. The van der Waals surface area contributed by atoms with E-state index in [1.165, 1.54) is 0 Å². The Kier molecular flexibility index (Phi) is 5.44. The van der Waals surface area contributed by atoms with E-state index in [4.69, 9.17) is 16.6 Å². The third kappa shape index (κ3) is 4.55. The Morgan fingerprint density at radius 3 is 2.22 bits per heavy atom. The molecule has 5 nitrogen and oxygen atoms in total. The molecule has 0 heterocycles. The zero-order valence-electron chi connectivity index (χ0n) is 11.3. The molecule has 0 radical (unpaired) electrons. The van der Waals surface area contributed by atoms with Gasteiger partial charge < -0.3 is 16.6 Å². The highest BCUT2D eigenvalue weighted by Gasteiger charge is 2.30. The first-order valence-corrected chi connectivity index (χ1v) is 6.71. The first kappa shape index (κ1) is 14.8. The normalized spacial score (nSPS) is 25.7. The molecule has 1 fully saturated rings. The van der Waals surface area contributed by atoms with Gasteiger partial charge in [0.15, 0.2) is 5.96 Å². The maximum absolute atomic E-state index is 10.9. The van der Waals surface area contributed by atoms with E-state index in [-0.39, 0.29) is 17.9 Å². The smallest absolute Gasteiger partial charge is 0.306 e. The summed E-state index contributed by atoms with van der Waals surface area (Å²) in [7, 11) is 0. The largest absolute Gasteiger partial charge is 0.481 e. The minimum absolute atomic E-state index is 0.140. The summed E-state index contributed by atoms with van der Waals surface area (Å²) in [6.45, 7) is 4.30. The molecule has 1 aliphatic rings. The fourth-order valence-electron chi connectivity index (χ4n) is 2.78. The predicted molar refractivity (Wildman–Crippen MR) is 72.1 cm³/mol. The summed E-state index contributed by atoms with van der Waals surface area (Å²) in [4.78, 5) is 15.3. The van der Waals surface area contributed by atoms with Crippen molar-refractivity contribution in [3.8, 4) is 0 Å². The van der Waals surface area contributed by atoms with E-state index in [9.17, 15) is 4.79 Å². The van der Waals surface area contributed by atoms with Gasteiger partial charge in [-0.25, -0.2) is 0 Å². The number of guanidine groups is 1. The van der Waals surface area contributed by atoms with Crippen molar-refractivity contribution >= 4 is 11.9 Å². The lowest BCUT2D eigenvalue weighted by molar-refractivity contribution is -0.143. The van der Waals surface area contributed by atoms with Gasteiger partial charge in [0, 0.05) is 0 Å². The number of aliphatic carboxylic acids is 1. The molecule has 1 unspecified atom stereocenters. The number of carbonyl (C=O) groups is 1. The van der Waals surface area contributed by atoms with Crippen LogP contribution in [0.3, 0.4) is 0 Å². The van der Waals surface area contributed by atoms with Gasteiger partial charge in [0.05, 0.1) is 12.0 Å². The van der Waals surface area contributed by atoms with Gasteiger partial charge in [-0.15, -0.1) is 0 Å². The monoisotopic (exact) mass is 255 g/mol. The van der Waals surface area contributed by atoms with Crippen LogP contribution in [0.5, 0.6) is 0 Å². The van der Waals surface area contributed by atoms with Gasteiger partial charge in [0.2, 0.25) is 0 Å². The van der Waals surface area contributed by atoms with Gasteiger partial charge in [-0.2, -0.15) is 0 Å². The molecule has 1 rings (SSSR count). The number of carboxylic acid groups (broad SMARTS) is 1. The lowest BCUT2D eigenvalue weighted by Gasteiger charge is -2.31. The molecular weight excluding hydrogens is 230 g/mol. The molecular formula is C13H25N3O2. The Bertz CT molecular complexity index is 303. The van der Waals surface area contributed by atoms with E-state index in [0.717, 1.165) is 32.1 Å². The molecule has 0 aromatic heterocycles. The van der Waals surface area contributed by atoms with E-state index < -0.39 is 5.97 Å². The van der Waals surface area contributed by atoms with Gasteiger partial charge in [-0.1, -0.05) is 13.8 Å². The van der Waals surface area contributed by atoms with Gasteiger partial charge >= 0.3 is 5.97 Å². The van der Waals surface area contributed by atoms with Crippen LogP contribution in [0.1, 0.15) is 46.0 Å². The van der Waals surface area contributed by atoms with Gasteiger partial charge in [0.25, 0.3) is 0 Å². The van der Waals surface area contributed by atoms with Crippen molar-refractivity contribution in [2.75, 3.05) is 0 Å². The maximum Gasteiger partial charge on any atom is 0.306 e. The molecule has 0 bridgehead atoms. The number of carboxylic acids is 1. The standard InChI is InChI=1S/C13H25N3O2/c1-8(2)7-11(16-13(14)15)9-3-5-10(6-4-9)12(17)18/h8-11H,3-7H2,1-2H3,(H,17,18)(H4,14,15,16). The van der Waals surface area contributed by atoms with Crippen LogP contribution in [-0.4, -0.2) is 23.1 Å². The highest BCUT2D eigenvalue weighted by atomic mass is 16.4. The second kappa shape index (κ2) is 6.61. The fourth-order valence-corrected chi connectivity index (χ4v) is 2.78. The molecule has 0 spiro atoms. The van der Waals surface area contributed by atoms with Crippen LogP contribution in [0.4, 0.5) is 0 Å². The number of aliphatic imine (C=N–C) groups is 1. The molecule has 1 aliphatic carbocycles. The Morgan fingerprint density at radius 2 is 1.83 bits per heavy atom. The van der Waals surface area contributed by atoms with Gasteiger partial charge in [-0.05, 0) is 43.9 Å². The van der Waals surface area contributed by atoms with Crippen molar-refractivity contribution in [1.29, 1.82) is 0 Å². The van der Waals surface area contributed by atoms with Crippen molar-refractivity contribution < 1.29 is 9.90 Å². The Hall–Kier alpha value is -1.26. The topological polar surface area (TPSA) is 102 Å². The number of hydrogen-bond acceptors (Lipinski definition) is 2. The molecule has 0 aromatic carbocycles. The third-order valence-electron chi connectivity index (χ3n) is 3.69. The number of nitrogens with zero attached hydrogens (tertiary/aromatic N) is 1. The summed E-state index contributed by atoms with van der Waals surface area (Å²) in [5.74, 6) is 0.247. The maximum atomic E-state index is 10.9. The molecule has 5 N–H and O–H groups in total. The minimum Gasteiger partial charge on any atom is -0.481 e. The first-order chi connectivity index (χ1) is 8.40. The fraction of sp³-hybridized carbons (Fsp3) is 0.846. The second-order valence-electron chi connectivity index (χ2n) is 5.70. The van der Waals surface area contributed by atoms with Crippen molar-refractivity contribution in [1.82, 2.24) is 0 Å². The highest BCUT2D eigenvalue weighted by molar-refractivity contribution is 5.75. The summed E-state index contributed by atoms with van der Waals surface area (Å²) in [5.41, 5.74) is 11.0. The van der Waals surface area contributed by atoms with E-state index in [1.807, 2.05) is 0 Å². The molecule has 104 valence electrons. The molecule has 18 heavy (non-hydrogen) atoms. The molecule has 1 atom stereocenters.